The van der Waals surface area contributed by atoms with E-state index in [2.05, 4.69) is 11.1 Å². The third-order valence-corrected chi connectivity index (χ3v) is 4.43. The second-order valence-corrected chi connectivity index (χ2v) is 6.17. The van der Waals surface area contributed by atoms with Gasteiger partial charge in [0, 0.05) is 23.1 Å². The van der Waals surface area contributed by atoms with Gasteiger partial charge in [0.2, 0.25) is 0 Å². The van der Waals surface area contributed by atoms with Crippen molar-refractivity contribution >= 4 is 28.7 Å². The molecule has 3 aromatic rings. The van der Waals surface area contributed by atoms with Crippen LogP contribution in [-0.4, -0.2) is 9.91 Å². The summed E-state index contributed by atoms with van der Waals surface area (Å²) in [4.78, 5) is 14.9. The molecule has 3 rings (SSSR count). The van der Waals surface area contributed by atoms with Gasteiger partial charge >= 0.3 is 0 Å². The molecule has 0 aliphatic rings. The van der Waals surface area contributed by atoms with Gasteiger partial charge in [-0.25, -0.2) is 4.98 Å². The SMILES string of the molecule is N#CC(=CC=Cc1ccccc1)c1nc(-c2cccc([N+](=O)[O-])c2)cs1. The molecule has 0 bridgehead atoms. The lowest BCUT2D eigenvalue weighted by Crippen LogP contribution is -1.88. The minimum atomic E-state index is -0.439. The van der Waals surface area contributed by atoms with Crippen molar-refractivity contribution in [1.29, 1.82) is 5.26 Å². The monoisotopic (exact) mass is 359 g/mol. The number of non-ortho nitro benzene ring substituents is 1. The third kappa shape index (κ3) is 4.09. The van der Waals surface area contributed by atoms with Crippen LogP contribution in [0.4, 0.5) is 5.69 Å². The summed E-state index contributed by atoms with van der Waals surface area (Å²) in [6.45, 7) is 0. The highest BCUT2D eigenvalue weighted by molar-refractivity contribution is 7.11. The molecule has 0 saturated carbocycles. The topological polar surface area (TPSA) is 79.8 Å². The summed E-state index contributed by atoms with van der Waals surface area (Å²) in [6.07, 6.45) is 5.43. The maximum absolute atomic E-state index is 10.9. The third-order valence-electron chi connectivity index (χ3n) is 3.56. The minimum Gasteiger partial charge on any atom is -0.258 e. The first-order valence-electron chi connectivity index (χ1n) is 7.71. The Balaban J connectivity index is 1.84. The highest BCUT2D eigenvalue weighted by Crippen LogP contribution is 2.28. The average Bonchev–Trinajstić information content (AvgIpc) is 3.16. The summed E-state index contributed by atoms with van der Waals surface area (Å²) in [5.74, 6) is 0. The molecular formula is C20H13N3O2S. The van der Waals surface area contributed by atoms with Gasteiger partial charge in [0.25, 0.3) is 5.69 Å². The smallest absolute Gasteiger partial charge is 0.258 e. The van der Waals surface area contributed by atoms with Crippen LogP contribution in [0.5, 0.6) is 0 Å². The Morgan fingerprint density at radius 3 is 2.73 bits per heavy atom. The van der Waals surface area contributed by atoms with Crippen molar-refractivity contribution in [3.63, 3.8) is 0 Å². The van der Waals surface area contributed by atoms with Gasteiger partial charge in [-0.05, 0) is 11.6 Å². The number of hydrogen-bond acceptors (Lipinski definition) is 5. The maximum atomic E-state index is 10.9. The molecule has 0 saturated heterocycles. The molecular weight excluding hydrogens is 346 g/mol. The van der Waals surface area contributed by atoms with E-state index in [0.29, 0.717) is 21.8 Å². The van der Waals surface area contributed by atoms with Gasteiger partial charge in [0.15, 0.2) is 0 Å². The zero-order valence-electron chi connectivity index (χ0n) is 13.6. The van der Waals surface area contributed by atoms with Gasteiger partial charge in [0.1, 0.15) is 11.1 Å². The predicted molar refractivity (Wildman–Crippen MR) is 103 cm³/mol. The van der Waals surface area contributed by atoms with E-state index in [0.717, 1.165) is 5.56 Å². The van der Waals surface area contributed by atoms with Gasteiger partial charge in [-0.3, -0.25) is 10.1 Å². The van der Waals surface area contributed by atoms with Crippen molar-refractivity contribution in [3.05, 3.63) is 92.8 Å². The van der Waals surface area contributed by atoms with Crippen LogP contribution in [0.25, 0.3) is 22.9 Å². The second kappa shape index (κ2) is 8.01. The first-order chi connectivity index (χ1) is 12.7. The molecule has 0 N–H and O–H groups in total. The van der Waals surface area contributed by atoms with Crippen molar-refractivity contribution in [2.45, 2.75) is 0 Å². The average molecular weight is 359 g/mol. The lowest BCUT2D eigenvalue weighted by atomic mass is 10.1. The fourth-order valence-corrected chi connectivity index (χ4v) is 3.09. The molecule has 5 nitrogen and oxygen atoms in total. The molecule has 2 aromatic carbocycles. The number of benzene rings is 2. The summed E-state index contributed by atoms with van der Waals surface area (Å²) in [5, 5.41) is 22.7. The Bertz CT molecular complexity index is 1030. The van der Waals surface area contributed by atoms with Gasteiger partial charge in [-0.15, -0.1) is 11.3 Å². The Hall–Kier alpha value is -3.56. The first kappa shape index (κ1) is 17.3. The quantitative estimate of drug-likeness (QED) is 0.266. The van der Waals surface area contributed by atoms with E-state index in [1.807, 2.05) is 42.5 Å². The summed E-state index contributed by atoms with van der Waals surface area (Å²) < 4.78 is 0. The van der Waals surface area contributed by atoms with Crippen LogP contribution in [0.3, 0.4) is 0 Å². The van der Waals surface area contributed by atoms with E-state index in [1.165, 1.54) is 23.5 Å². The van der Waals surface area contributed by atoms with E-state index in [1.54, 1.807) is 23.6 Å². The molecule has 1 aromatic heterocycles. The van der Waals surface area contributed by atoms with E-state index < -0.39 is 4.92 Å². The molecule has 26 heavy (non-hydrogen) atoms. The van der Waals surface area contributed by atoms with Crippen LogP contribution in [0.15, 0.2) is 72.1 Å². The van der Waals surface area contributed by atoms with Gasteiger partial charge < -0.3 is 0 Å². The lowest BCUT2D eigenvalue weighted by Gasteiger charge is -1.96. The van der Waals surface area contributed by atoms with Crippen LogP contribution in [0.2, 0.25) is 0 Å². The molecule has 0 aliphatic heterocycles. The number of nitriles is 1. The molecule has 0 spiro atoms. The fourth-order valence-electron chi connectivity index (χ4n) is 2.28. The van der Waals surface area contributed by atoms with Gasteiger partial charge in [0.05, 0.1) is 16.2 Å². The van der Waals surface area contributed by atoms with Crippen molar-refractivity contribution in [2.75, 3.05) is 0 Å². The Kier molecular flexibility index (Phi) is 5.32. The summed E-state index contributed by atoms with van der Waals surface area (Å²) >= 11 is 1.33. The molecule has 0 radical (unpaired) electrons. The number of nitrogens with zero attached hydrogens (tertiary/aromatic N) is 3. The van der Waals surface area contributed by atoms with Gasteiger partial charge in [-0.1, -0.05) is 54.6 Å². The molecule has 0 atom stereocenters. The maximum Gasteiger partial charge on any atom is 0.270 e. The number of aromatic nitrogens is 1. The Morgan fingerprint density at radius 1 is 1.19 bits per heavy atom. The van der Waals surface area contributed by atoms with E-state index >= 15 is 0 Å². The molecule has 6 heteroatoms. The van der Waals surface area contributed by atoms with Crippen LogP contribution >= 0.6 is 11.3 Å². The summed E-state index contributed by atoms with van der Waals surface area (Å²) in [5.41, 5.74) is 2.76. The van der Waals surface area contributed by atoms with Crippen LogP contribution in [0, 0.1) is 21.4 Å². The van der Waals surface area contributed by atoms with E-state index in [9.17, 15) is 15.4 Å². The van der Waals surface area contributed by atoms with Crippen molar-refractivity contribution < 1.29 is 4.92 Å². The molecule has 0 unspecified atom stereocenters. The summed E-state index contributed by atoms with van der Waals surface area (Å²) in [6, 6.07) is 18.2. The fraction of sp³-hybridized carbons (Fsp3) is 0. The number of rotatable bonds is 5. The van der Waals surface area contributed by atoms with Crippen molar-refractivity contribution in [3.8, 4) is 17.3 Å². The number of hydrogen-bond donors (Lipinski definition) is 0. The number of thiazole rings is 1. The second-order valence-electron chi connectivity index (χ2n) is 5.31. The molecule has 0 aliphatic carbocycles. The number of nitro benzene ring substituents is 1. The van der Waals surface area contributed by atoms with Crippen LogP contribution in [0.1, 0.15) is 10.6 Å². The Labute approximate surface area is 154 Å². The normalized spacial score (nSPS) is 11.4. The van der Waals surface area contributed by atoms with E-state index in [4.69, 9.17) is 0 Å². The molecule has 1 heterocycles. The zero-order chi connectivity index (χ0) is 18.4. The molecule has 126 valence electrons. The first-order valence-corrected chi connectivity index (χ1v) is 8.59. The lowest BCUT2D eigenvalue weighted by molar-refractivity contribution is -0.384. The molecule has 0 amide bonds. The highest BCUT2D eigenvalue weighted by atomic mass is 32.1. The number of allylic oxidation sites excluding steroid dienone is 3. The number of nitro groups is 1. The van der Waals surface area contributed by atoms with Crippen molar-refractivity contribution in [2.24, 2.45) is 0 Å². The summed E-state index contributed by atoms with van der Waals surface area (Å²) in [7, 11) is 0. The highest BCUT2D eigenvalue weighted by Gasteiger charge is 2.11. The predicted octanol–water partition coefficient (Wildman–Crippen LogP) is 5.34. The van der Waals surface area contributed by atoms with E-state index in [-0.39, 0.29) is 5.69 Å². The zero-order valence-corrected chi connectivity index (χ0v) is 14.4. The minimum absolute atomic E-state index is 0.0129. The van der Waals surface area contributed by atoms with Crippen LogP contribution < -0.4 is 0 Å². The van der Waals surface area contributed by atoms with Crippen LogP contribution in [-0.2, 0) is 0 Å². The Morgan fingerprint density at radius 2 is 2.00 bits per heavy atom. The largest absolute Gasteiger partial charge is 0.270 e. The van der Waals surface area contributed by atoms with Gasteiger partial charge in [-0.2, -0.15) is 5.26 Å². The standard InChI is InChI=1S/C20H13N3O2S/c21-13-17(10-4-8-15-6-2-1-3-7-15)20-22-19(14-26-20)16-9-5-11-18(12-16)23(24)25/h1-12,14H. The molecule has 0 fully saturated rings. The van der Waals surface area contributed by atoms with Crippen molar-refractivity contribution in [1.82, 2.24) is 4.98 Å².